The third-order valence-corrected chi connectivity index (χ3v) is 3.68. The molecule has 2 nitrogen and oxygen atoms in total. The van der Waals surface area contributed by atoms with Crippen molar-refractivity contribution in [1.82, 2.24) is 0 Å². The van der Waals surface area contributed by atoms with Crippen LogP contribution < -0.4 is 5.32 Å². The number of hydrogen-bond donors (Lipinski definition) is 1. The molecular formula is C15H21BrN2. The molecule has 1 unspecified atom stereocenters. The Kier molecular flexibility index (Phi) is 6.82. The van der Waals surface area contributed by atoms with Gasteiger partial charge in [0.2, 0.25) is 0 Å². The van der Waals surface area contributed by atoms with Crippen LogP contribution in [-0.2, 0) is 0 Å². The molecule has 1 N–H and O–H groups in total. The fourth-order valence-corrected chi connectivity index (χ4v) is 2.43. The van der Waals surface area contributed by atoms with Gasteiger partial charge in [0.15, 0.2) is 0 Å². The van der Waals surface area contributed by atoms with Crippen LogP contribution in [-0.4, -0.2) is 6.04 Å². The lowest BCUT2D eigenvalue weighted by atomic mass is 10.1. The zero-order valence-electron chi connectivity index (χ0n) is 11.2. The van der Waals surface area contributed by atoms with Gasteiger partial charge in [-0.3, -0.25) is 0 Å². The molecular weight excluding hydrogens is 288 g/mol. The summed E-state index contributed by atoms with van der Waals surface area (Å²) >= 11 is 3.41. The van der Waals surface area contributed by atoms with E-state index in [-0.39, 0.29) is 0 Å². The first-order chi connectivity index (χ1) is 8.69. The van der Waals surface area contributed by atoms with Gasteiger partial charge in [-0.1, -0.05) is 38.7 Å². The average Bonchev–Trinajstić information content (AvgIpc) is 2.35. The molecule has 0 saturated heterocycles. The average molecular weight is 309 g/mol. The van der Waals surface area contributed by atoms with Gasteiger partial charge in [0.25, 0.3) is 0 Å². The molecule has 0 aliphatic heterocycles. The van der Waals surface area contributed by atoms with Crippen molar-refractivity contribution in [2.75, 3.05) is 5.32 Å². The summed E-state index contributed by atoms with van der Waals surface area (Å²) in [4.78, 5) is 0. The molecule has 0 spiro atoms. The van der Waals surface area contributed by atoms with Crippen molar-refractivity contribution in [3.05, 3.63) is 28.2 Å². The van der Waals surface area contributed by atoms with Crippen molar-refractivity contribution in [1.29, 1.82) is 5.26 Å². The molecule has 1 atom stereocenters. The predicted molar refractivity (Wildman–Crippen MR) is 80.7 cm³/mol. The predicted octanol–water partition coefficient (Wildman–Crippen LogP) is 5.09. The Balaban J connectivity index is 2.52. The summed E-state index contributed by atoms with van der Waals surface area (Å²) in [5.41, 5.74) is 1.62. The Morgan fingerprint density at radius 3 is 2.78 bits per heavy atom. The highest BCUT2D eigenvalue weighted by atomic mass is 79.9. The van der Waals surface area contributed by atoms with Crippen LogP contribution >= 0.6 is 15.9 Å². The van der Waals surface area contributed by atoms with Gasteiger partial charge in [-0.15, -0.1) is 0 Å². The summed E-state index contributed by atoms with van der Waals surface area (Å²) in [6, 6.07) is 8.46. The second-order valence-corrected chi connectivity index (χ2v) is 5.52. The third kappa shape index (κ3) is 4.70. The van der Waals surface area contributed by atoms with Crippen molar-refractivity contribution < 1.29 is 0 Å². The van der Waals surface area contributed by atoms with Crippen molar-refractivity contribution in [3.63, 3.8) is 0 Å². The molecule has 0 amide bonds. The van der Waals surface area contributed by atoms with E-state index in [9.17, 15) is 0 Å². The van der Waals surface area contributed by atoms with Gasteiger partial charge in [0, 0.05) is 10.5 Å². The molecule has 1 rings (SSSR count). The van der Waals surface area contributed by atoms with Crippen LogP contribution in [0.5, 0.6) is 0 Å². The van der Waals surface area contributed by atoms with Crippen LogP contribution in [0.1, 0.15) is 51.5 Å². The molecule has 0 radical (unpaired) electrons. The number of hydrogen-bond acceptors (Lipinski definition) is 2. The molecule has 98 valence electrons. The molecule has 0 fully saturated rings. The van der Waals surface area contributed by atoms with Crippen molar-refractivity contribution >= 4 is 21.6 Å². The number of halogens is 1. The highest BCUT2D eigenvalue weighted by Crippen LogP contribution is 2.24. The molecule has 0 bridgehead atoms. The SMILES string of the molecule is CCCCCCC(C)Nc1cccc(Br)c1C#N. The lowest BCUT2D eigenvalue weighted by molar-refractivity contribution is 0.594. The molecule has 0 aliphatic rings. The van der Waals surface area contributed by atoms with E-state index in [1.807, 2.05) is 18.2 Å². The zero-order valence-corrected chi connectivity index (χ0v) is 12.8. The number of nitrogens with zero attached hydrogens (tertiary/aromatic N) is 1. The molecule has 1 aromatic carbocycles. The second-order valence-electron chi connectivity index (χ2n) is 4.67. The largest absolute Gasteiger partial charge is 0.381 e. The first-order valence-corrected chi connectivity index (χ1v) is 7.43. The minimum atomic E-state index is 0.406. The van der Waals surface area contributed by atoms with E-state index in [1.165, 1.54) is 25.7 Å². The molecule has 3 heteroatoms. The standard InChI is InChI=1S/C15H21BrN2/c1-3-4-5-6-8-12(2)18-15-10-7-9-14(16)13(15)11-17/h7,9-10,12,18H,3-6,8H2,1-2H3. The number of nitriles is 1. The summed E-state index contributed by atoms with van der Waals surface area (Å²) < 4.78 is 0.855. The monoisotopic (exact) mass is 308 g/mol. The fraction of sp³-hybridized carbons (Fsp3) is 0.533. The molecule has 0 aromatic heterocycles. The van der Waals surface area contributed by atoms with Gasteiger partial charge in [-0.05, 0) is 41.4 Å². The van der Waals surface area contributed by atoms with Crippen LogP contribution in [0.25, 0.3) is 0 Å². The van der Waals surface area contributed by atoms with E-state index in [0.717, 1.165) is 16.6 Å². The van der Waals surface area contributed by atoms with Crippen molar-refractivity contribution in [2.24, 2.45) is 0 Å². The van der Waals surface area contributed by atoms with E-state index in [4.69, 9.17) is 5.26 Å². The third-order valence-electron chi connectivity index (χ3n) is 3.02. The van der Waals surface area contributed by atoms with Crippen LogP contribution in [0.4, 0.5) is 5.69 Å². The second kappa shape index (κ2) is 8.16. The maximum absolute atomic E-state index is 9.14. The maximum Gasteiger partial charge on any atom is 0.103 e. The van der Waals surface area contributed by atoms with Gasteiger partial charge in [-0.2, -0.15) is 5.26 Å². The van der Waals surface area contributed by atoms with Crippen LogP contribution in [0.2, 0.25) is 0 Å². The van der Waals surface area contributed by atoms with Crippen LogP contribution in [0, 0.1) is 11.3 Å². The van der Waals surface area contributed by atoms with E-state index >= 15 is 0 Å². The topological polar surface area (TPSA) is 35.8 Å². The molecule has 0 saturated carbocycles. The summed E-state index contributed by atoms with van der Waals surface area (Å²) in [5.74, 6) is 0. The van der Waals surface area contributed by atoms with Gasteiger partial charge in [0.1, 0.15) is 6.07 Å². The van der Waals surface area contributed by atoms with Gasteiger partial charge in [0.05, 0.1) is 11.3 Å². The number of benzene rings is 1. The molecule has 18 heavy (non-hydrogen) atoms. The summed E-state index contributed by atoms with van der Waals surface area (Å²) in [6.07, 6.45) is 6.28. The lowest BCUT2D eigenvalue weighted by Crippen LogP contribution is -2.15. The summed E-state index contributed by atoms with van der Waals surface area (Å²) in [6.45, 7) is 4.40. The number of anilines is 1. The smallest absolute Gasteiger partial charge is 0.103 e. The van der Waals surface area contributed by atoms with Crippen molar-refractivity contribution in [3.8, 4) is 6.07 Å². The fourth-order valence-electron chi connectivity index (χ4n) is 1.97. The zero-order chi connectivity index (χ0) is 13.4. The molecule has 0 heterocycles. The molecule has 0 aliphatic carbocycles. The maximum atomic E-state index is 9.14. The number of nitrogens with one attached hydrogen (secondary N) is 1. The van der Waals surface area contributed by atoms with E-state index in [0.29, 0.717) is 11.6 Å². The van der Waals surface area contributed by atoms with Gasteiger partial charge in [-0.25, -0.2) is 0 Å². The van der Waals surface area contributed by atoms with Gasteiger partial charge >= 0.3 is 0 Å². The Bertz CT molecular complexity index is 409. The van der Waals surface area contributed by atoms with E-state index < -0.39 is 0 Å². The van der Waals surface area contributed by atoms with E-state index in [2.05, 4.69) is 41.2 Å². The highest BCUT2D eigenvalue weighted by Gasteiger charge is 2.08. The Hall–Kier alpha value is -1.01. The Morgan fingerprint density at radius 1 is 1.33 bits per heavy atom. The number of unbranched alkanes of at least 4 members (excludes halogenated alkanes) is 3. The van der Waals surface area contributed by atoms with Crippen LogP contribution in [0.3, 0.4) is 0 Å². The minimum Gasteiger partial charge on any atom is -0.381 e. The molecule has 1 aromatic rings. The van der Waals surface area contributed by atoms with Gasteiger partial charge < -0.3 is 5.32 Å². The lowest BCUT2D eigenvalue weighted by Gasteiger charge is -2.16. The first kappa shape index (κ1) is 15.0. The van der Waals surface area contributed by atoms with Crippen molar-refractivity contribution in [2.45, 2.75) is 52.0 Å². The summed E-state index contributed by atoms with van der Waals surface area (Å²) in [7, 11) is 0. The number of rotatable bonds is 7. The summed E-state index contributed by atoms with van der Waals surface area (Å²) in [5, 5.41) is 12.6. The van der Waals surface area contributed by atoms with Crippen LogP contribution in [0.15, 0.2) is 22.7 Å². The normalized spacial score (nSPS) is 11.9. The Labute approximate surface area is 119 Å². The minimum absolute atomic E-state index is 0.406. The highest BCUT2D eigenvalue weighted by molar-refractivity contribution is 9.10. The first-order valence-electron chi connectivity index (χ1n) is 6.64. The Morgan fingerprint density at radius 2 is 2.11 bits per heavy atom. The quantitative estimate of drug-likeness (QED) is 0.712. The van der Waals surface area contributed by atoms with E-state index in [1.54, 1.807) is 0 Å².